The first-order valence-electron chi connectivity index (χ1n) is 7.20. The summed E-state index contributed by atoms with van der Waals surface area (Å²) < 4.78 is 32.8. The first-order chi connectivity index (χ1) is 10.6. The van der Waals surface area contributed by atoms with Gasteiger partial charge in [0, 0.05) is 5.56 Å². The molecule has 0 radical (unpaired) electrons. The highest BCUT2D eigenvalue weighted by atomic mass is 32.2. The van der Waals surface area contributed by atoms with Crippen LogP contribution in [0.25, 0.3) is 0 Å². The summed E-state index contributed by atoms with van der Waals surface area (Å²) in [5.41, 5.74) is -1.49. The number of hydrogen-bond donors (Lipinski definition) is 0. The second kappa shape index (κ2) is 6.43. The molecule has 1 aliphatic rings. The number of ether oxygens (including phenoxy) is 1. The molecule has 0 aliphatic carbocycles. The van der Waals surface area contributed by atoms with Crippen LogP contribution < -0.4 is 0 Å². The van der Waals surface area contributed by atoms with Crippen molar-refractivity contribution >= 4 is 22.8 Å². The van der Waals surface area contributed by atoms with Crippen molar-refractivity contribution in [3.63, 3.8) is 0 Å². The van der Waals surface area contributed by atoms with Gasteiger partial charge in [0.1, 0.15) is 11.1 Å². The zero-order valence-electron chi connectivity index (χ0n) is 13.5. The lowest BCUT2D eigenvalue weighted by atomic mass is 9.92. The summed E-state index contributed by atoms with van der Waals surface area (Å²) >= 11 is 1.28. The van der Waals surface area contributed by atoms with Crippen molar-refractivity contribution in [1.82, 2.24) is 0 Å². The van der Waals surface area contributed by atoms with Crippen LogP contribution in [0.5, 0.6) is 0 Å². The molecule has 1 aromatic carbocycles. The van der Waals surface area contributed by atoms with E-state index >= 15 is 0 Å². The van der Waals surface area contributed by atoms with Crippen molar-refractivity contribution in [3.8, 4) is 0 Å². The Kier molecular flexibility index (Phi) is 4.94. The molecule has 1 aliphatic heterocycles. The molecular formula is C17H19F2NO2S. The molecule has 0 N–H and O–H groups in total. The van der Waals surface area contributed by atoms with E-state index in [1.165, 1.54) is 23.9 Å². The summed E-state index contributed by atoms with van der Waals surface area (Å²) in [5.74, 6) is -2.24. The Morgan fingerprint density at radius 1 is 1.35 bits per heavy atom. The number of benzene rings is 1. The van der Waals surface area contributed by atoms with Crippen LogP contribution in [0.3, 0.4) is 0 Å². The number of esters is 1. The van der Waals surface area contributed by atoms with E-state index < -0.39 is 28.7 Å². The van der Waals surface area contributed by atoms with Gasteiger partial charge < -0.3 is 4.74 Å². The van der Waals surface area contributed by atoms with Gasteiger partial charge in [0.2, 0.25) is 0 Å². The molecule has 1 aromatic rings. The minimum Gasteiger partial charge on any atom is -0.460 e. The maximum Gasteiger partial charge on any atom is 0.312 e. The molecule has 0 saturated carbocycles. The monoisotopic (exact) mass is 339 g/mol. The second-order valence-corrected chi connectivity index (χ2v) is 7.42. The van der Waals surface area contributed by atoms with Crippen molar-refractivity contribution in [2.75, 3.05) is 0 Å². The van der Waals surface area contributed by atoms with Crippen molar-refractivity contribution in [2.24, 2.45) is 4.99 Å². The summed E-state index contributed by atoms with van der Waals surface area (Å²) in [6.45, 7) is 7.03. The lowest BCUT2D eigenvalue weighted by Crippen LogP contribution is -2.27. The zero-order chi connectivity index (χ0) is 17.3. The Bertz CT molecular complexity index is 680. The molecular weight excluding hydrogens is 320 g/mol. The molecule has 3 nitrogen and oxygen atoms in total. The fourth-order valence-electron chi connectivity index (χ4n) is 2.19. The Morgan fingerprint density at radius 2 is 2.04 bits per heavy atom. The van der Waals surface area contributed by atoms with E-state index in [4.69, 9.17) is 4.74 Å². The third-order valence-electron chi connectivity index (χ3n) is 3.17. The van der Waals surface area contributed by atoms with Crippen LogP contribution in [0, 0.1) is 11.6 Å². The maximum absolute atomic E-state index is 14.1. The smallest absolute Gasteiger partial charge is 0.312 e. The maximum atomic E-state index is 14.1. The normalized spacial score (nSPS) is 21.0. The topological polar surface area (TPSA) is 38.7 Å². The van der Waals surface area contributed by atoms with Crippen molar-refractivity contribution in [2.45, 2.75) is 45.3 Å². The number of carbonyl (C=O) groups is 1. The molecule has 0 fully saturated rings. The Hall–Kier alpha value is -1.69. The average molecular weight is 339 g/mol. The van der Waals surface area contributed by atoms with Gasteiger partial charge in [0.15, 0.2) is 11.6 Å². The van der Waals surface area contributed by atoms with Gasteiger partial charge in [-0.2, -0.15) is 0 Å². The van der Waals surface area contributed by atoms with Gasteiger partial charge in [-0.05, 0) is 45.2 Å². The van der Waals surface area contributed by atoms with Crippen LogP contribution in [0.15, 0.2) is 34.7 Å². The van der Waals surface area contributed by atoms with Gasteiger partial charge in [-0.3, -0.25) is 9.79 Å². The molecule has 6 heteroatoms. The Labute approximate surface area is 138 Å². The van der Waals surface area contributed by atoms with Gasteiger partial charge in [0.05, 0.1) is 11.5 Å². The summed E-state index contributed by atoms with van der Waals surface area (Å²) in [4.78, 5) is 16.4. The molecule has 0 bridgehead atoms. The third-order valence-corrected chi connectivity index (χ3v) is 3.95. The number of thioether (sulfide) groups is 1. The minimum absolute atomic E-state index is 0.00119. The summed E-state index contributed by atoms with van der Waals surface area (Å²) in [7, 11) is 0. The number of hydrogen-bond acceptors (Lipinski definition) is 4. The predicted molar refractivity (Wildman–Crippen MR) is 88.3 cm³/mol. The number of carbonyl (C=O) groups excluding carboxylic acids is 1. The number of halogens is 2. The van der Waals surface area contributed by atoms with Crippen LogP contribution in [0.4, 0.5) is 8.78 Å². The van der Waals surface area contributed by atoms with E-state index in [9.17, 15) is 13.6 Å². The van der Waals surface area contributed by atoms with E-state index in [-0.39, 0.29) is 12.0 Å². The van der Waals surface area contributed by atoms with E-state index in [0.717, 1.165) is 6.07 Å². The molecule has 0 unspecified atom stereocenters. The van der Waals surface area contributed by atoms with E-state index in [0.29, 0.717) is 5.04 Å². The highest BCUT2D eigenvalue weighted by molar-refractivity contribution is 8.16. The molecule has 0 spiro atoms. The molecule has 1 heterocycles. The van der Waals surface area contributed by atoms with E-state index in [1.54, 1.807) is 39.2 Å². The van der Waals surface area contributed by atoms with Gasteiger partial charge in [-0.1, -0.05) is 23.9 Å². The molecule has 1 atom stereocenters. The van der Waals surface area contributed by atoms with E-state index in [2.05, 4.69) is 4.99 Å². The fraction of sp³-hybridized carbons (Fsp3) is 0.412. The van der Waals surface area contributed by atoms with Crippen molar-refractivity contribution in [1.29, 1.82) is 0 Å². The van der Waals surface area contributed by atoms with Gasteiger partial charge in [-0.15, -0.1) is 0 Å². The highest BCUT2D eigenvalue weighted by Crippen LogP contribution is 2.36. The number of rotatable bonds is 3. The fourth-order valence-corrected chi connectivity index (χ4v) is 3.13. The number of nitrogens with zero attached hydrogens (tertiary/aromatic N) is 1. The first-order valence-corrected chi connectivity index (χ1v) is 8.08. The van der Waals surface area contributed by atoms with Crippen LogP contribution in [-0.4, -0.2) is 16.6 Å². The minimum atomic E-state index is -1.05. The van der Waals surface area contributed by atoms with E-state index in [1.807, 2.05) is 0 Å². The first kappa shape index (κ1) is 17.7. The van der Waals surface area contributed by atoms with Gasteiger partial charge >= 0.3 is 5.97 Å². The van der Waals surface area contributed by atoms with Gasteiger partial charge in [-0.25, -0.2) is 8.78 Å². The van der Waals surface area contributed by atoms with Crippen molar-refractivity contribution in [3.05, 3.63) is 46.9 Å². The van der Waals surface area contributed by atoms with Crippen LogP contribution in [0.1, 0.15) is 39.7 Å². The van der Waals surface area contributed by atoms with Crippen LogP contribution in [0.2, 0.25) is 0 Å². The summed E-state index contributed by atoms with van der Waals surface area (Å²) in [6.07, 6.45) is 1.69. The van der Waals surface area contributed by atoms with Crippen LogP contribution >= 0.6 is 11.8 Å². The SMILES string of the molecule is CC(C)(C)OC(=O)CC1=N[C@](C)(c2cccc(F)c2F)C=CS1. The average Bonchev–Trinajstić information content (AvgIpc) is 2.39. The molecule has 2 rings (SSSR count). The Morgan fingerprint density at radius 3 is 2.70 bits per heavy atom. The lowest BCUT2D eigenvalue weighted by Gasteiger charge is -2.27. The Balaban J connectivity index is 2.25. The van der Waals surface area contributed by atoms with Crippen LogP contribution in [-0.2, 0) is 15.1 Å². The molecule has 0 amide bonds. The second-order valence-electron chi connectivity index (χ2n) is 6.44. The summed E-state index contributed by atoms with van der Waals surface area (Å²) in [6, 6.07) is 4.00. The number of aliphatic imine (C=N–C) groups is 1. The van der Waals surface area contributed by atoms with Crippen molar-refractivity contribution < 1.29 is 18.3 Å². The predicted octanol–water partition coefficient (Wildman–Crippen LogP) is 4.57. The zero-order valence-corrected chi connectivity index (χ0v) is 14.3. The molecule has 124 valence electrons. The molecule has 0 saturated heterocycles. The lowest BCUT2D eigenvalue weighted by molar-refractivity contribution is -0.153. The standard InChI is InChI=1S/C17H19F2NO2S/c1-16(2,3)22-14(21)10-13-20-17(4,8-9-23-13)11-6-5-7-12(18)15(11)19/h5-9H,10H2,1-4H3/t17-/m0/s1. The third kappa shape index (κ3) is 4.41. The molecule has 23 heavy (non-hydrogen) atoms. The quantitative estimate of drug-likeness (QED) is 0.757. The highest BCUT2D eigenvalue weighted by Gasteiger charge is 2.31. The molecule has 0 aromatic heterocycles. The largest absolute Gasteiger partial charge is 0.460 e. The summed E-state index contributed by atoms with van der Waals surface area (Å²) in [5, 5.41) is 2.24. The van der Waals surface area contributed by atoms with Gasteiger partial charge in [0.25, 0.3) is 0 Å².